The second-order valence-electron chi connectivity index (χ2n) is 5.79. The van der Waals surface area contributed by atoms with Crippen molar-refractivity contribution in [2.45, 2.75) is 24.3 Å². The quantitative estimate of drug-likeness (QED) is 0.604. The Hall–Kier alpha value is -2.90. The van der Waals surface area contributed by atoms with E-state index in [1.165, 1.54) is 6.07 Å². The van der Waals surface area contributed by atoms with Crippen LogP contribution >= 0.6 is 0 Å². The summed E-state index contributed by atoms with van der Waals surface area (Å²) in [6.07, 6.45) is 0. The van der Waals surface area contributed by atoms with Crippen molar-refractivity contribution < 1.29 is 22.7 Å². The highest BCUT2D eigenvalue weighted by atomic mass is 32.2. The lowest BCUT2D eigenvalue weighted by Crippen LogP contribution is -2.46. The lowest BCUT2D eigenvalue weighted by atomic mass is 10.1. The van der Waals surface area contributed by atoms with Crippen molar-refractivity contribution in [3.8, 4) is 0 Å². The molecule has 2 rings (SSSR count). The van der Waals surface area contributed by atoms with E-state index in [2.05, 4.69) is 20.4 Å². The van der Waals surface area contributed by atoms with Gasteiger partial charge in [0.05, 0.1) is 10.6 Å². The average Bonchev–Trinajstić information content (AvgIpc) is 2.54. The molecule has 1 aromatic carbocycles. The maximum absolute atomic E-state index is 12.9. The zero-order valence-corrected chi connectivity index (χ0v) is 14.7. The molecule has 0 saturated carbocycles. The predicted molar refractivity (Wildman–Crippen MR) is 90.7 cm³/mol. The molecule has 1 amide bonds. The van der Waals surface area contributed by atoms with E-state index in [1.54, 1.807) is 6.92 Å². The number of amides is 1. The summed E-state index contributed by atoms with van der Waals surface area (Å²) in [4.78, 5) is 15.2. The van der Waals surface area contributed by atoms with Crippen LogP contribution in [0.1, 0.15) is 12.5 Å². The Morgan fingerprint density at radius 1 is 1.35 bits per heavy atom. The molecule has 2 aromatic rings. The Bertz CT molecular complexity index is 982. The molecule has 2 N–H and O–H groups in total. The smallest absolute Gasteiger partial charge is 0.299 e. The molecule has 0 aliphatic heterocycles. The molecule has 1 aromatic heterocycles. The largest absolute Gasteiger partial charge is 0.379 e. The number of hydrogen-bond donors (Lipinski definition) is 2. The van der Waals surface area contributed by atoms with Crippen molar-refractivity contribution in [1.29, 1.82) is 0 Å². The number of sulfone groups is 1. The monoisotopic (exact) mass is 378 g/mol. The second-order valence-corrected chi connectivity index (χ2v) is 7.78. The Morgan fingerprint density at radius 3 is 2.50 bits per heavy atom. The molecular formula is C16H15FN4O4S. The van der Waals surface area contributed by atoms with Crippen LogP contribution in [-0.2, 0) is 14.6 Å². The minimum atomic E-state index is -4.04. The molecule has 1 atom stereocenters. The molecular weight excluding hydrogens is 363 g/mol. The van der Waals surface area contributed by atoms with Gasteiger partial charge in [0.1, 0.15) is 5.82 Å². The van der Waals surface area contributed by atoms with Gasteiger partial charge in [-0.2, -0.15) is 0 Å². The molecule has 8 nitrogen and oxygen atoms in total. The molecule has 136 valence electrons. The third-order valence-electron chi connectivity index (χ3n) is 3.44. The fourth-order valence-corrected chi connectivity index (χ4v) is 3.65. The van der Waals surface area contributed by atoms with Crippen molar-refractivity contribution in [2.24, 2.45) is 0 Å². The van der Waals surface area contributed by atoms with Gasteiger partial charge in [-0.15, -0.1) is 0 Å². The molecule has 0 radical (unpaired) electrons. The third kappa shape index (κ3) is 4.38. The van der Waals surface area contributed by atoms with Crippen LogP contribution in [0, 0.1) is 19.3 Å². The van der Waals surface area contributed by atoms with Gasteiger partial charge in [-0.05, 0) is 54.8 Å². The van der Waals surface area contributed by atoms with Crippen molar-refractivity contribution in [1.82, 2.24) is 10.2 Å². The second kappa shape index (κ2) is 7.15. The van der Waals surface area contributed by atoms with E-state index in [4.69, 9.17) is 6.57 Å². The lowest BCUT2D eigenvalue weighted by molar-refractivity contribution is -0.130. The number of hydrogen-bond acceptors (Lipinski definition) is 6. The Morgan fingerprint density at radius 2 is 1.96 bits per heavy atom. The normalized spacial score (nSPS) is 13.5. The summed E-state index contributed by atoms with van der Waals surface area (Å²) in [5.41, 5.74) is -1.81. The van der Waals surface area contributed by atoms with Gasteiger partial charge in [-0.3, -0.25) is 4.79 Å². The van der Waals surface area contributed by atoms with E-state index in [0.29, 0.717) is 5.56 Å². The molecule has 0 bridgehead atoms. The van der Waals surface area contributed by atoms with Gasteiger partial charge in [0.25, 0.3) is 11.7 Å². The molecule has 0 aliphatic rings. The van der Waals surface area contributed by atoms with E-state index < -0.39 is 32.9 Å². The van der Waals surface area contributed by atoms with E-state index in [0.717, 1.165) is 31.2 Å². The van der Waals surface area contributed by atoms with Crippen molar-refractivity contribution >= 4 is 27.4 Å². The number of halogens is 1. The van der Waals surface area contributed by atoms with Crippen LogP contribution in [0.15, 0.2) is 35.2 Å². The zero-order valence-electron chi connectivity index (χ0n) is 13.9. The molecule has 0 spiro atoms. The number of carbonyl (C=O) groups is 1. The van der Waals surface area contributed by atoms with Crippen molar-refractivity contribution in [3.63, 3.8) is 0 Å². The van der Waals surface area contributed by atoms with Gasteiger partial charge in [-0.25, -0.2) is 12.8 Å². The number of nitrogens with zero attached hydrogens (tertiary/aromatic N) is 3. The topological polar surface area (TPSA) is 114 Å². The molecule has 0 fully saturated rings. The SMILES string of the molecule is [C-]#[N+]c1nnc(NC(=O)[C@@](C)(O)CS(=O)(=O)c2ccc(F)cc2)cc1C. The number of benzene rings is 1. The number of aliphatic hydroxyl groups is 1. The van der Waals surface area contributed by atoms with Gasteiger partial charge in [0, 0.05) is 5.10 Å². The number of carbonyl (C=O) groups excluding carboxylic acids is 1. The summed E-state index contributed by atoms with van der Waals surface area (Å²) in [6, 6.07) is 5.42. The fraction of sp³-hybridized carbons (Fsp3) is 0.250. The summed E-state index contributed by atoms with van der Waals surface area (Å²) in [5.74, 6) is -2.49. The number of aryl methyl sites for hydroxylation is 1. The first-order valence-electron chi connectivity index (χ1n) is 7.29. The van der Waals surface area contributed by atoms with E-state index >= 15 is 0 Å². The minimum Gasteiger partial charge on any atom is -0.379 e. The maximum Gasteiger partial charge on any atom is 0.299 e. The average molecular weight is 378 g/mol. The number of rotatable bonds is 5. The van der Waals surface area contributed by atoms with E-state index in [9.17, 15) is 22.7 Å². The summed E-state index contributed by atoms with van der Waals surface area (Å²) >= 11 is 0. The van der Waals surface area contributed by atoms with Crippen LogP contribution < -0.4 is 5.32 Å². The highest BCUT2D eigenvalue weighted by Gasteiger charge is 2.37. The maximum atomic E-state index is 12.9. The first-order valence-corrected chi connectivity index (χ1v) is 8.94. The van der Waals surface area contributed by atoms with Crippen LogP contribution in [-0.4, -0.2) is 41.0 Å². The Kier molecular flexibility index (Phi) is 5.34. The molecule has 0 unspecified atom stereocenters. The van der Waals surface area contributed by atoms with Crippen LogP contribution in [0.2, 0.25) is 0 Å². The third-order valence-corrected chi connectivity index (χ3v) is 5.37. The van der Waals surface area contributed by atoms with Gasteiger partial charge in [0.15, 0.2) is 21.3 Å². The number of aromatic nitrogens is 2. The van der Waals surface area contributed by atoms with Crippen molar-refractivity contribution in [2.75, 3.05) is 11.1 Å². The summed E-state index contributed by atoms with van der Waals surface area (Å²) in [7, 11) is -4.04. The number of nitrogens with one attached hydrogen (secondary N) is 1. The summed E-state index contributed by atoms with van der Waals surface area (Å²) in [5, 5.41) is 19.8. The van der Waals surface area contributed by atoms with Gasteiger partial charge >= 0.3 is 0 Å². The van der Waals surface area contributed by atoms with Gasteiger partial charge in [0.2, 0.25) is 0 Å². The summed E-state index contributed by atoms with van der Waals surface area (Å²) in [6.45, 7) is 9.53. The zero-order chi connectivity index (χ0) is 19.5. The highest BCUT2D eigenvalue weighted by Crippen LogP contribution is 2.20. The molecule has 10 heteroatoms. The van der Waals surface area contributed by atoms with Crippen LogP contribution in [0.3, 0.4) is 0 Å². The van der Waals surface area contributed by atoms with E-state index in [1.807, 2.05) is 0 Å². The van der Waals surface area contributed by atoms with Crippen LogP contribution in [0.25, 0.3) is 4.85 Å². The highest BCUT2D eigenvalue weighted by molar-refractivity contribution is 7.91. The summed E-state index contributed by atoms with van der Waals surface area (Å²) < 4.78 is 37.6. The molecule has 0 saturated heterocycles. The first kappa shape index (κ1) is 19.4. The fourth-order valence-electron chi connectivity index (χ4n) is 2.06. The van der Waals surface area contributed by atoms with Gasteiger partial charge in [-0.1, -0.05) is 6.57 Å². The molecule has 1 heterocycles. The number of anilines is 1. The Balaban J connectivity index is 2.18. The minimum absolute atomic E-state index is 0.0284. The van der Waals surface area contributed by atoms with E-state index in [-0.39, 0.29) is 16.5 Å². The van der Waals surface area contributed by atoms with Crippen LogP contribution in [0.4, 0.5) is 16.0 Å². The molecule has 0 aliphatic carbocycles. The van der Waals surface area contributed by atoms with Gasteiger partial charge < -0.3 is 15.3 Å². The standard InChI is InChI=1S/C16H15FN4O4S/c1-10-8-13(20-21-14(10)18-3)19-15(22)16(2,23)9-26(24,25)12-6-4-11(17)5-7-12/h4-8,23H,9H2,1-2H3,(H,19,20,22)/t16-/m0/s1. The van der Waals surface area contributed by atoms with Crippen LogP contribution in [0.5, 0.6) is 0 Å². The van der Waals surface area contributed by atoms with Crippen molar-refractivity contribution in [3.05, 3.63) is 53.1 Å². The predicted octanol–water partition coefficient (Wildman–Crippen LogP) is 1.64. The lowest BCUT2D eigenvalue weighted by Gasteiger charge is -2.21. The Labute approximate surface area is 149 Å². The molecule has 26 heavy (non-hydrogen) atoms. The first-order chi connectivity index (χ1) is 12.0.